The van der Waals surface area contributed by atoms with Crippen LogP contribution in [0.25, 0.3) is 0 Å². The average molecular weight is 248 g/mol. The molecule has 0 spiro atoms. The van der Waals surface area contributed by atoms with Gasteiger partial charge in [0.15, 0.2) is 0 Å². The summed E-state index contributed by atoms with van der Waals surface area (Å²) < 4.78 is 0. The van der Waals surface area contributed by atoms with Crippen molar-refractivity contribution in [3.63, 3.8) is 0 Å². The number of fused-ring (bicyclic) bond motifs is 2. The Bertz CT molecular complexity index is 360. The summed E-state index contributed by atoms with van der Waals surface area (Å²) in [4.78, 5) is 14.7. The molecule has 3 heteroatoms. The second kappa shape index (κ2) is 3.96. The third-order valence-electron chi connectivity index (χ3n) is 5.99. The van der Waals surface area contributed by atoms with E-state index in [1.165, 1.54) is 25.7 Å². The highest BCUT2D eigenvalue weighted by Crippen LogP contribution is 2.55. The summed E-state index contributed by atoms with van der Waals surface area (Å²) in [5, 5.41) is 0. The van der Waals surface area contributed by atoms with Crippen LogP contribution in [0.1, 0.15) is 38.5 Å². The SMILES string of the molecule is NC1CC[C@@H]2CN(C(=O)C3CC4CC4C3)C[C@@H]2C1. The van der Waals surface area contributed by atoms with E-state index < -0.39 is 0 Å². The zero-order valence-corrected chi connectivity index (χ0v) is 11.1. The molecule has 1 aliphatic heterocycles. The molecule has 100 valence electrons. The van der Waals surface area contributed by atoms with Gasteiger partial charge in [0.25, 0.3) is 0 Å². The van der Waals surface area contributed by atoms with Gasteiger partial charge in [-0.3, -0.25) is 4.79 Å². The fourth-order valence-electron chi connectivity index (χ4n) is 4.82. The number of likely N-dealkylation sites (tertiary alicyclic amines) is 1. The molecule has 0 aromatic carbocycles. The third-order valence-corrected chi connectivity index (χ3v) is 5.99. The monoisotopic (exact) mass is 248 g/mol. The fourth-order valence-corrected chi connectivity index (χ4v) is 4.82. The lowest BCUT2D eigenvalue weighted by Crippen LogP contribution is -2.34. The molecule has 1 saturated heterocycles. The van der Waals surface area contributed by atoms with Gasteiger partial charge in [0.05, 0.1) is 0 Å². The lowest BCUT2D eigenvalue weighted by molar-refractivity contribution is -0.134. The highest BCUT2D eigenvalue weighted by Gasteiger charge is 2.50. The van der Waals surface area contributed by atoms with Crippen molar-refractivity contribution < 1.29 is 4.79 Å². The van der Waals surface area contributed by atoms with Gasteiger partial charge in [-0.15, -0.1) is 0 Å². The number of nitrogens with two attached hydrogens (primary N) is 1. The Kier molecular flexibility index (Phi) is 2.48. The lowest BCUT2D eigenvalue weighted by atomic mass is 9.79. The van der Waals surface area contributed by atoms with Crippen molar-refractivity contribution in [2.75, 3.05) is 13.1 Å². The molecule has 2 N–H and O–H groups in total. The van der Waals surface area contributed by atoms with E-state index in [0.29, 0.717) is 23.8 Å². The zero-order chi connectivity index (χ0) is 12.3. The minimum Gasteiger partial charge on any atom is -0.342 e. The van der Waals surface area contributed by atoms with Crippen LogP contribution in [0.5, 0.6) is 0 Å². The van der Waals surface area contributed by atoms with Crippen molar-refractivity contribution in [3.8, 4) is 0 Å². The standard InChI is InChI=1S/C15H24N2O/c16-14-2-1-9-7-17(8-13(9)6-14)15(18)12-4-10-3-11(10)5-12/h9-14H,1-8,16H2/t9-,10?,11?,12?,13+,14?/m1/s1. The third kappa shape index (κ3) is 1.78. The predicted octanol–water partition coefficient (Wildman–Crippen LogP) is 1.62. The molecule has 0 radical (unpaired) electrons. The Hall–Kier alpha value is -0.570. The van der Waals surface area contributed by atoms with Gasteiger partial charge < -0.3 is 10.6 Å². The first-order chi connectivity index (χ1) is 8.70. The van der Waals surface area contributed by atoms with Crippen molar-refractivity contribution in [3.05, 3.63) is 0 Å². The average Bonchev–Trinajstić information content (AvgIpc) is 2.81. The van der Waals surface area contributed by atoms with Gasteiger partial charge in [0, 0.05) is 25.0 Å². The molecule has 4 fully saturated rings. The highest BCUT2D eigenvalue weighted by molar-refractivity contribution is 5.79. The maximum absolute atomic E-state index is 12.5. The van der Waals surface area contributed by atoms with Crippen molar-refractivity contribution in [2.24, 2.45) is 35.3 Å². The van der Waals surface area contributed by atoms with Crippen LogP contribution in [-0.4, -0.2) is 29.9 Å². The lowest BCUT2D eigenvalue weighted by Gasteiger charge is -2.27. The van der Waals surface area contributed by atoms with Crippen molar-refractivity contribution in [1.29, 1.82) is 0 Å². The van der Waals surface area contributed by atoms with Crippen LogP contribution in [0.4, 0.5) is 0 Å². The van der Waals surface area contributed by atoms with E-state index in [9.17, 15) is 4.79 Å². The maximum atomic E-state index is 12.5. The van der Waals surface area contributed by atoms with Gasteiger partial charge >= 0.3 is 0 Å². The van der Waals surface area contributed by atoms with Crippen LogP contribution in [0.3, 0.4) is 0 Å². The van der Waals surface area contributed by atoms with Crippen molar-refractivity contribution >= 4 is 5.91 Å². The van der Waals surface area contributed by atoms with Crippen LogP contribution in [0.2, 0.25) is 0 Å². The first-order valence-corrected chi connectivity index (χ1v) is 7.75. The van der Waals surface area contributed by atoms with E-state index in [2.05, 4.69) is 4.90 Å². The van der Waals surface area contributed by atoms with Gasteiger partial charge in [0.2, 0.25) is 5.91 Å². The van der Waals surface area contributed by atoms with Gasteiger partial charge in [-0.2, -0.15) is 0 Å². The van der Waals surface area contributed by atoms with Gasteiger partial charge in [-0.05, 0) is 62.2 Å². The molecule has 5 atom stereocenters. The molecule has 1 amide bonds. The van der Waals surface area contributed by atoms with E-state index in [0.717, 1.165) is 43.7 Å². The topological polar surface area (TPSA) is 46.3 Å². The Morgan fingerprint density at radius 1 is 0.889 bits per heavy atom. The number of carbonyl (C=O) groups excluding carboxylic acids is 1. The molecular formula is C15H24N2O. The van der Waals surface area contributed by atoms with E-state index in [1.54, 1.807) is 0 Å². The van der Waals surface area contributed by atoms with Crippen molar-refractivity contribution in [2.45, 2.75) is 44.6 Å². The smallest absolute Gasteiger partial charge is 0.225 e. The number of carbonyl (C=O) groups is 1. The Balaban J connectivity index is 1.39. The predicted molar refractivity (Wildman–Crippen MR) is 69.7 cm³/mol. The molecule has 4 aliphatic rings. The molecular weight excluding hydrogens is 224 g/mol. The number of hydrogen-bond donors (Lipinski definition) is 1. The summed E-state index contributed by atoms with van der Waals surface area (Å²) >= 11 is 0. The molecule has 0 bridgehead atoms. The zero-order valence-electron chi connectivity index (χ0n) is 11.1. The van der Waals surface area contributed by atoms with E-state index in [4.69, 9.17) is 5.73 Å². The summed E-state index contributed by atoms with van der Waals surface area (Å²) in [6.07, 6.45) is 7.33. The summed E-state index contributed by atoms with van der Waals surface area (Å²) in [5.41, 5.74) is 6.05. The normalized spacial score (nSPS) is 49.9. The molecule has 0 aromatic heterocycles. The summed E-state index contributed by atoms with van der Waals surface area (Å²) in [6, 6.07) is 0.389. The van der Waals surface area contributed by atoms with Crippen LogP contribution in [0, 0.1) is 29.6 Å². The number of amides is 1. The highest BCUT2D eigenvalue weighted by atomic mass is 16.2. The largest absolute Gasteiger partial charge is 0.342 e. The molecule has 3 nitrogen and oxygen atoms in total. The summed E-state index contributed by atoms with van der Waals surface area (Å²) in [7, 11) is 0. The van der Waals surface area contributed by atoms with E-state index in [1.807, 2.05) is 0 Å². The summed E-state index contributed by atoms with van der Waals surface area (Å²) in [5.74, 6) is 4.14. The second-order valence-electron chi connectivity index (χ2n) is 7.26. The molecule has 0 aromatic rings. The van der Waals surface area contributed by atoms with Crippen LogP contribution < -0.4 is 5.73 Å². The molecule has 1 heterocycles. The summed E-state index contributed by atoms with van der Waals surface area (Å²) in [6.45, 7) is 2.03. The first-order valence-electron chi connectivity index (χ1n) is 7.75. The quantitative estimate of drug-likeness (QED) is 0.766. The number of rotatable bonds is 1. The van der Waals surface area contributed by atoms with Crippen molar-refractivity contribution in [1.82, 2.24) is 4.90 Å². The van der Waals surface area contributed by atoms with Gasteiger partial charge in [-0.1, -0.05) is 0 Å². The number of nitrogens with zero attached hydrogens (tertiary/aromatic N) is 1. The first kappa shape index (κ1) is 11.3. The van der Waals surface area contributed by atoms with Gasteiger partial charge in [0.1, 0.15) is 0 Å². The minimum absolute atomic E-state index is 0.377. The molecule has 4 rings (SSSR count). The number of hydrogen-bond acceptors (Lipinski definition) is 2. The minimum atomic E-state index is 0.377. The van der Waals surface area contributed by atoms with Gasteiger partial charge in [-0.25, -0.2) is 0 Å². The second-order valence-corrected chi connectivity index (χ2v) is 7.26. The van der Waals surface area contributed by atoms with Crippen LogP contribution >= 0.6 is 0 Å². The molecule has 3 unspecified atom stereocenters. The fraction of sp³-hybridized carbons (Fsp3) is 0.933. The molecule has 3 saturated carbocycles. The van der Waals surface area contributed by atoms with Crippen LogP contribution in [-0.2, 0) is 4.79 Å². The Labute approximate surface area is 109 Å². The maximum Gasteiger partial charge on any atom is 0.225 e. The van der Waals surface area contributed by atoms with E-state index >= 15 is 0 Å². The molecule has 3 aliphatic carbocycles. The Morgan fingerprint density at radius 3 is 2.39 bits per heavy atom. The van der Waals surface area contributed by atoms with Crippen LogP contribution in [0.15, 0.2) is 0 Å². The van der Waals surface area contributed by atoms with E-state index in [-0.39, 0.29) is 0 Å². The molecule has 18 heavy (non-hydrogen) atoms. The Morgan fingerprint density at radius 2 is 1.61 bits per heavy atom.